The second kappa shape index (κ2) is 4.77. The fraction of sp³-hybridized carbons (Fsp3) is 0.154. The van der Waals surface area contributed by atoms with Crippen LogP contribution in [0.15, 0.2) is 36.7 Å². The van der Waals surface area contributed by atoms with Crippen LogP contribution in [0.2, 0.25) is 0 Å². The molecule has 0 unspecified atom stereocenters. The van der Waals surface area contributed by atoms with Crippen LogP contribution in [0.25, 0.3) is 11.1 Å². The number of pyridine rings is 1. The van der Waals surface area contributed by atoms with E-state index in [4.69, 9.17) is 4.74 Å². The minimum Gasteiger partial charge on any atom is -0.496 e. The van der Waals surface area contributed by atoms with Crippen molar-refractivity contribution in [2.24, 2.45) is 0 Å². The molecule has 1 N–H and O–H groups in total. The van der Waals surface area contributed by atoms with E-state index in [1.807, 2.05) is 18.2 Å². The van der Waals surface area contributed by atoms with Gasteiger partial charge in [0.1, 0.15) is 5.75 Å². The lowest BCUT2D eigenvalue weighted by Gasteiger charge is -2.10. The summed E-state index contributed by atoms with van der Waals surface area (Å²) >= 11 is 0. The first-order valence-electron chi connectivity index (χ1n) is 4.95. The Hall–Kier alpha value is -1.87. The first-order valence-corrected chi connectivity index (χ1v) is 4.95. The number of aliphatic hydroxyl groups excluding tert-OH is 1. The molecule has 0 bridgehead atoms. The van der Waals surface area contributed by atoms with Gasteiger partial charge in [-0.1, -0.05) is 12.1 Å². The smallest absolute Gasteiger partial charge is 0.127 e. The third-order valence-corrected chi connectivity index (χ3v) is 2.41. The molecule has 1 heterocycles. The van der Waals surface area contributed by atoms with E-state index in [0.717, 1.165) is 22.4 Å². The Labute approximate surface area is 94.3 Å². The molecular formula is C13H12NO2. The number of rotatable bonds is 3. The number of methoxy groups -OCH3 is 1. The van der Waals surface area contributed by atoms with E-state index < -0.39 is 0 Å². The topological polar surface area (TPSA) is 42.4 Å². The van der Waals surface area contributed by atoms with Crippen molar-refractivity contribution in [2.75, 3.05) is 7.11 Å². The molecule has 0 atom stereocenters. The first-order chi connectivity index (χ1) is 7.86. The number of ether oxygens (including phenoxy) is 1. The van der Waals surface area contributed by atoms with Crippen LogP contribution in [-0.2, 0) is 6.61 Å². The van der Waals surface area contributed by atoms with Crippen molar-refractivity contribution in [3.05, 3.63) is 48.3 Å². The third kappa shape index (κ3) is 1.90. The molecule has 3 nitrogen and oxygen atoms in total. The zero-order valence-electron chi connectivity index (χ0n) is 8.97. The predicted octanol–water partition coefficient (Wildman–Crippen LogP) is 2.05. The van der Waals surface area contributed by atoms with Gasteiger partial charge >= 0.3 is 0 Å². The highest BCUT2D eigenvalue weighted by Crippen LogP contribution is 2.31. The van der Waals surface area contributed by atoms with Crippen molar-refractivity contribution in [2.45, 2.75) is 6.61 Å². The van der Waals surface area contributed by atoms with Crippen LogP contribution in [0.3, 0.4) is 0 Å². The van der Waals surface area contributed by atoms with Gasteiger partial charge in [0.2, 0.25) is 0 Å². The average molecular weight is 214 g/mol. The highest BCUT2D eigenvalue weighted by Gasteiger charge is 2.08. The minimum atomic E-state index is -0.0368. The Balaban J connectivity index is 2.58. The average Bonchev–Trinajstić information content (AvgIpc) is 2.38. The van der Waals surface area contributed by atoms with E-state index in [-0.39, 0.29) is 6.61 Å². The number of aromatic nitrogens is 1. The monoisotopic (exact) mass is 214 g/mol. The van der Waals surface area contributed by atoms with Crippen LogP contribution in [0.4, 0.5) is 0 Å². The number of nitrogens with zero attached hydrogens (tertiary/aromatic N) is 1. The Morgan fingerprint density at radius 3 is 3.00 bits per heavy atom. The van der Waals surface area contributed by atoms with Crippen molar-refractivity contribution in [1.82, 2.24) is 4.98 Å². The lowest BCUT2D eigenvalue weighted by atomic mass is 10.0. The summed E-state index contributed by atoms with van der Waals surface area (Å²) in [6, 6.07) is 10.3. The van der Waals surface area contributed by atoms with Crippen LogP contribution in [0.5, 0.6) is 5.75 Å². The fourth-order valence-electron chi connectivity index (χ4n) is 1.62. The maximum Gasteiger partial charge on any atom is 0.127 e. The van der Waals surface area contributed by atoms with E-state index >= 15 is 0 Å². The summed E-state index contributed by atoms with van der Waals surface area (Å²) in [5.41, 5.74) is 2.66. The van der Waals surface area contributed by atoms with E-state index in [2.05, 4.69) is 11.1 Å². The van der Waals surface area contributed by atoms with E-state index in [1.165, 1.54) is 0 Å². The molecule has 0 aliphatic heterocycles. The SMILES string of the molecule is COc1c[c]ccc1-c1ccncc1CO. The molecule has 0 fully saturated rings. The molecule has 0 spiro atoms. The zero-order valence-corrected chi connectivity index (χ0v) is 8.97. The summed E-state index contributed by atoms with van der Waals surface area (Å²) < 4.78 is 5.27. The van der Waals surface area contributed by atoms with Crippen molar-refractivity contribution in [3.8, 4) is 16.9 Å². The molecule has 3 heteroatoms. The van der Waals surface area contributed by atoms with Gasteiger partial charge in [0.25, 0.3) is 0 Å². The molecular weight excluding hydrogens is 202 g/mol. The Kier molecular flexibility index (Phi) is 3.17. The summed E-state index contributed by atoms with van der Waals surface area (Å²) in [6.45, 7) is -0.0368. The number of aliphatic hydroxyl groups is 1. The highest BCUT2D eigenvalue weighted by molar-refractivity contribution is 5.72. The van der Waals surface area contributed by atoms with Crippen LogP contribution in [0.1, 0.15) is 5.56 Å². The van der Waals surface area contributed by atoms with Crippen LogP contribution < -0.4 is 4.74 Å². The summed E-state index contributed by atoms with van der Waals surface area (Å²) in [4.78, 5) is 3.99. The molecule has 0 saturated carbocycles. The summed E-state index contributed by atoms with van der Waals surface area (Å²) in [5, 5.41) is 9.25. The zero-order chi connectivity index (χ0) is 11.4. The van der Waals surface area contributed by atoms with E-state index in [9.17, 15) is 5.11 Å². The molecule has 0 amide bonds. The lowest BCUT2D eigenvalue weighted by molar-refractivity contribution is 0.282. The second-order valence-electron chi connectivity index (χ2n) is 3.32. The largest absolute Gasteiger partial charge is 0.496 e. The summed E-state index contributed by atoms with van der Waals surface area (Å²) in [6.07, 6.45) is 3.36. The van der Waals surface area contributed by atoms with Crippen molar-refractivity contribution in [1.29, 1.82) is 0 Å². The molecule has 1 aromatic carbocycles. The van der Waals surface area contributed by atoms with E-state index in [0.29, 0.717) is 0 Å². The molecule has 0 aliphatic carbocycles. The summed E-state index contributed by atoms with van der Waals surface area (Å²) in [7, 11) is 1.62. The minimum absolute atomic E-state index is 0.0368. The van der Waals surface area contributed by atoms with Crippen molar-refractivity contribution >= 4 is 0 Å². The Morgan fingerprint density at radius 1 is 1.38 bits per heavy atom. The quantitative estimate of drug-likeness (QED) is 0.850. The molecule has 2 rings (SSSR count). The van der Waals surface area contributed by atoms with Crippen molar-refractivity contribution in [3.63, 3.8) is 0 Å². The predicted molar refractivity (Wildman–Crippen MR) is 61.0 cm³/mol. The normalized spacial score (nSPS) is 10.1. The van der Waals surface area contributed by atoms with Gasteiger partial charge in [-0.2, -0.15) is 0 Å². The molecule has 0 saturated heterocycles. The van der Waals surface area contributed by atoms with Gasteiger partial charge in [0.15, 0.2) is 0 Å². The van der Waals surface area contributed by atoms with Gasteiger partial charge in [-0.15, -0.1) is 0 Å². The maximum atomic E-state index is 9.25. The lowest BCUT2D eigenvalue weighted by Crippen LogP contribution is -1.93. The van der Waals surface area contributed by atoms with Gasteiger partial charge in [-0.3, -0.25) is 4.98 Å². The van der Waals surface area contributed by atoms with Gasteiger partial charge < -0.3 is 9.84 Å². The molecule has 1 radical (unpaired) electrons. The van der Waals surface area contributed by atoms with Gasteiger partial charge in [0, 0.05) is 23.5 Å². The fourth-order valence-corrected chi connectivity index (χ4v) is 1.62. The number of benzene rings is 1. The second-order valence-corrected chi connectivity index (χ2v) is 3.32. The van der Waals surface area contributed by atoms with E-state index in [1.54, 1.807) is 25.6 Å². The van der Waals surface area contributed by atoms with Crippen LogP contribution in [0, 0.1) is 6.07 Å². The van der Waals surface area contributed by atoms with Gasteiger partial charge in [-0.05, 0) is 23.8 Å². The Bertz CT molecular complexity index is 437. The number of hydrogen-bond acceptors (Lipinski definition) is 3. The van der Waals surface area contributed by atoms with Crippen LogP contribution in [-0.4, -0.2) is 17.2 Å². The Morgan fingerprint density at radius 2 is 2.25 bits per heavy atom. The standard InChI is InChI=1S/C13H12NO2/c1-16-13-5-3-2-4-12(13)11-6-7-14-8-10(11)9-15/h2,4-8,15H,9H2,1H3. The molecule has 16 heavy (non-hydrogen) atoms. The van der Waals surface area contributed by atoms with Crippen molar-refractivity contribution < 1.29 is 9.84 Å². The third-order valence-electron chi connectivity index (χ3n) is 2.41. The summed E-state index contributed by atoms with van der Waals surface area (Å²) in [5.74, 6) is 0.739. The molecule has 1 aromatic heterocycles. The highest BCUT2D eigenvalue weighted by atomic mass is 16.5. The van der Waals surface area contributed by atoms with Crippen LogP contribution >= 0.6 is 0 Å². The maximum absolute atomic E-state index is 9.25. The number of hydrogen-bond donors (Lipinski definition) is 1. The molecule has 0 aliphatic rings. The first kappa shape index (κ1) is 10.6. The molecule has 81 valence electrons. The molecule has 2 aromatic rings. The van der Waals surface area contributed by atoms with Gasteiger partial charge in [0.05, 0.1) is 13.7 Å². The van der Waals surface area contributed by atoms with Gasteiger partial charge in [-0.25, -0.2) is 0 Å².